The lowest BCUT2D eigenvalue weighted by molar-refractivity contribution is -0.127. The molecule has 0 radical (unpaired) electrons. The zero-order valence-electron chi connectivity index (χ0n) is 8.59. The third-order valence-electron chi connectivity index (χ3n) is 1.51. The zero-order valence-corrected chi connectivity index (χ0v) is 8.59. The summed E-state index contributed by atoms with van der Waals surface area (Å²) in [7, 11) is 0. The molecule has 0 saturated heterocycles. The summed E-state index contributed by atoms with van der Waals surface area (Å²) in [6.45, 7) is 6.61. The lowest BCUT2D eigenvalue weighted by atomic mass is 9.93. The van der Waals surface area contributed by atoms with E-state index in [9.17, 15) is 4.79 Å². The number of ether oxygens (including phenoxy) is 1. The van der Waals surface area contributed by atoms with Crippen LogP contribution in [0.3, 0.4) is 0 Å². The van der Waals surface area contributed by atoms with E-state index in [-0.39, 0.29) is 24.7 Å². The first-order chi connectivity index (χ1) is 5.95. The van der Waals surface area contributed by atoms with Gasteiger partial charge in [0.05, 0.1) is 0 Å². The average Bonchev–Trinajstić information content (AvgIpc) is 1.97. The third kappa shape index (κ3) is 9.30. The maximum atomic E-state index is 10.8. The quantitative estimate of drug-likeness (QED) is 0.489. The summed E-state index contributed by atoms with van der Waals surface area (Å²) in [5.41, 5.74) is 0.230. The highest BCUT2D eigenvalue weighted by Gasteiger charge is 2.09. The molecule has 0 aromatic carbocycles. The standard InChI is InChI=1S/C9H19NO3/c1-9(2,3)4-5-13-6-8(12)10-7-11/h11H,4-7H2,1-3H3,(H,10,12). The van der Waals surface area contributed by atoms with E-state index < -0.39 is 0 Å². The molecule has 2 N–H and O–H groups in total. The van der Waals surface area contributed by atoms with Gasteiger partial charge in [-0.1, -0.05) is 20.8 Å². The molecule has 0 aliphatic carbocycles. The molecule has 4 nitrogen and oxygen atoms in total. The molecule has 0 unspecified atom stereocenters. The zero-order chi connectivity index (χ0) is 10.3. The fourth-order valence-corrected chi connectivity index (χ4v) is 0.682. The van der Waals surface area contributed by atoms with E-state index in [0.717, 1.165) is 6.42 Å². The summed E-state index contributed by atoms with van der Waals surface area (Å²) in [4.78, 5) is 10.8. The van der Waals surface area contributed by atoms with Gasteiger partial charge in [0.25, 0.3) is 0 Å². The molecule has 0 aromatic rings. The van der Waals surface area contributed by atoms with Crippen LogP contribution in [0.25, 0.3) is 0 Å². The fourth-order valence-electron chi connectivity index (χ4n) is 0.682. The minimum Gasteiger partial charge on any atom is -0.376 e. The molecule has 4 heteroatoms. The second-order valence-corrected chi connectivity index (χ2v) is 4.12. The van der Waals surface area contributed by atoms with Gasteiger partial charge in [-0.25, -0.2) is 0 Å². The maximum absolute atomic E-state index is 10.8. The second kappa shape index (κ2) is 5.94. The first-order valence-electron chi connectivity index (χ1n) is 4.41. The van der Waals surface area contributed by atoms with Crippen LogP contribution in [0.2, 0.25) is 0 Å². The highest BCUT2D eigenvalue weighted by molar-refractivity contribution is 5.76. The van der Waals surface area contributed by atoms with Crippen molar-refractivity contribution in [1.29, 1.82) is 0 Å². The largest absolute Gasteiger partial charge is 0.376 e. The van der Waals surface area contributed by atoms with Gasteiger partial charge >= 0.3 is 0 Å². The minimum atomic E-state index is -0.332. The van der Waals surface area contributed by atoms with Crippen LogP contribution in [-0.4, -0.2) is 31.0 Å². The van der Waals surface area contributed by atoms with Gasteiger partial charge < -0.3 is 15.2 Å². The van der Waals surface area contributed by atoms with E-state index in [0.29, 0.717) is 6.61 Å². The van der Waals surface area contributed by atoms with E-state index in [1.807, 2.05) is 0 Å². The van der Waals surface area contributed by atoms with E-state index >= 15 is 0 Å². The Hall–Kier alpha value is -0.610. The minimum absolute atomic E-state index is 0.0244. The number of hydrogen-bond acceptors (Lipinski definition) is 3. The molecular weight excluding hydrogens is 170 g/mol. The molecule has 78 valence electrons. The Kier molecular flexibility index (Phi) is 5.66. The van der Waals surface area contributed by atoms with Crippen molar-refractivity contribution in [2.45, 2.75) is 27.2 Å². The predicted octanol–water partition coefficient (Wildman–Crippen LogP) is 0.505. The number of nitrogens with one attached hydrogen (secondary N) is 1. The van der Waals surface area contributed by atoms with Gasteiger partial charge in [0.2, 0.25) is 5.91 Å². The van der Waals surface area contributed by atoms with Crippen LogP contribution < -0.4 is 5.32 Å². The van der Waals surface area contributed by atoms with E-state index in [2.05, 4.69) is 26.1 Å². The molecule has 0 saturated carbocycles. The number of rotatable bonds is 5. The smallest absolute Gasteiger partial charge is 0.247 e. The van der Waals surface area contributed by atoms with Crippen LogP contribution in [0.4, 0.5) is 0 Å². The van der Waals surface area contributed by atoms with Gasteiger partial charge in [-0.05, 0) is 11.8 Å². The number of aliphatic hydroxyl groups is 1. The molecule has 0 aliphatic rings. The Morgan fingerprint density at radius 3 is 2.54 bits per heavy atom. The average molecular weight is 189 g/mol. The monoisotopic (exact) mass is 189 g/mol. The maximum Gasteiger partial charge on any atom is 0.247 e. The predicted molar refractivity (Wildman–Crippen MR) is 50.1 cm³/mol. The van der Waals surface area contributed by atoms with Crippen molar-refractivity contribution in [3.63, 3.8) is 0 Å². The van der Waals surface area contributed by atoms with Gasteiger partial charge in [-0.15, -0.1) is 0 Å². The summed E-state index contributed by atoms with van der Waals surface area (Å²) in [5, 5.41) is 10.6. The molecule has 0 atom stereocenters. The summed E-state index contributed by atoms with van der Waals surface area (Å²) in [5.74, 6) is -0.281. The molecule has 0 bridgehead atoms. The molecule has 0 fully saturated rings. The van der Waals surface area contributed by atoms with Crippen molar-refractivity contribution in [2.75, 3.05) is 19.9 Å². The molecule has 0 rings (SSSR count). The number of amides is 1. The lowest BCUT2D eigenvalue weighted by Gasteiger charge is -2.17. The number of aliphatic hydroxyl groups excluding tert-OH is 1. The van der Waals surface area contributed by atoms with Crippen LogP contribution in [0.1, 0.15) is 27.2 Å². The molecule has 0 aromatic heterocycles. The van der Waals surface area contributed by atoms with Crippen molar-refractivity contribution in [1.82, 2.24) is 5.32 Å². The van der Waals surface area contributed by atoms with E-state index in [1.54, 1.807) is 0 Å². The van der Waals surface area contributed by atoms with Crippen LogP contribution in [0, 0.1) is 5.41 Å². The van der Waals surface area contributed by atoms with Crippen molar-refractivity contribution in [3.8, 4) is 0 Å². The SMILES string of the molecule is CC(C)(C)CCOCC(=O)NCO. The van der Waals surface area contributed by atoms with E-state index in [4.69, 9.17) is 9.84 Å². The second-order valence-electron chi connectivity index (χ2n) is 4.12. The van der Waals surface area contributed by atoms with Crippen LogP contribution in [0.15, 0.2) is 0 Å². The molecule has 13 heavy (non-hydrogen) atoms. The van der Waals surface area contributed by atoms with Crippen molar-refractivity contribution in [3.05, 3.63) is 0 Å². The van der Waals surface area contributed by atoms with Gasteiger partial charge in [-0.3, -0.25) is 4.79 Å². The van der Waals surface area contributed by atoms with Crippen molar-refractivity contribution in [2.24, 2.45) is 5.41 Å². The fraction of sp³-hybridized carbons (Fsp3) is 0.889. The molecule has 0 heterocycles. The summed E-state index contributed by atoms with van der Waals surface area (Å²) in [6, 6.07) is 0. The Labute approximate surface area is 79.3 Å². The highest BCUT2D eigenvalue weighted by Crippen LogP contribution is 2.17. The highest BCUT2D eigenvalue weighted by atomic mass is 16.5. The lowest BCUT2D eigenvalue weighted by Crippen LogP contribution is -2.28. The molecule has 0 aliphatic heterocycles. The summed E-state index contributed by atoms with van der Waals surface area (Å²) in [6.07, 6.45) is 0.916. The number of hydrogen-bond donors (Lipinski definition) is 2. The Morgan fingerprint density at radius 2 is 2.08 bits per heavy atom. The van der Waals surface area contributed by atoms with Crippen LogP contribution in [0.5, 0.6) is 0 Å². The van der Waals surface area contributed by atoms with E-state index in [1.165, 1.54) is 0 Å². The summed E-state index contributed by atoms with van der Waals surface area (Å²) < 4.78 is 5.10. The molecule has 1 amide bonds. The van der Waals surface area contributed by atoms with Gasteiger partial charge in [0, 0.05) is 6.61 Å². The molecule has 0 spiro atoms. The Morgan fingerprint density at radius 1 is 1.46 bits per heavy atom. The van der Waals surface area contributed by atoms with Crippen molar-refractivity contribution < 1.29 is 14.6 Å². The van der Waals surface area contributed by atoms with Gasteiger partial charge in [-0.2, -0.15) is 0 Å². The normalized spacial score (nSPS) is 11.4. The molecular formula is C9H19NO3. The third-order valence-corrected chi connectivity index (χ3v) is 1.51. The first kappa shape index (κ1) is 12.4. The van der Waals surface area contributed by atoms with Crippen molar-refractivity contribution >= 4 is 5.91 Å². The Bertz CT molecular complexity index is 151. The van der Waals surface area contributed by atoms with Gasteiger partial charge in [0.15, 0.2) is 0 Å². The van der Waals surface area contributed by atoms with Gasteiger partial charge in [0.1, 0.15) is 13.3 Å². The Balaban J connectivity index is 3.31. The number of carbonyl (C=O) groups excluding carboxylic acids is 1. The summed E-state index contributed by atoms with van der Waals surface area (Å²) >= 11 is 0. The first-order valence-corrected chi connectivity index (χ1v) is 4.41. The number of carbonyl (C=O) groups is 1. The van der Waals surface area contributed by atoms with Crippen LogP contribution >= 0.6 is 0 Å². The van der Waals surface area contributed by atoms with Crippen LogP contribution in [-0.2, 0) is 9.53 Å². The topological polar surface area (TPSA) is 58.6 Å².